The highest BCUT2D eigenvalue weighted by Gasteiger charge is 2.19. The Kier molecular flexibility index (Phi) is 8.16. The van der Waals surface area contributed by atoms with Crippen LogP contribution in [0.5, 0.6) is 0 Å². The van der Waals surface area contributed by atoms with Crippen LogP contribution in [-0.4, -0.2) is 43.9 Å². The van der Waals surface area contributed by atoms with E-state index in [0.29, 0.717) is 43.0 Å². The van der Waals surface area contributed by atoms with Crippen LogP contribution in [0.3, 0.4) is 0 Å². The van der Waals surface area contributed by atoms with Crippen molar-refractivity contribution in [3.05, 3.63) is 77.8 Å². The smallest absolute Gasteiger partial charge is 0.205 e. The van der Waals surface area contributed by atoms with Crippen molar-refractivity contribution in [2.24, 2.45) is 0 Å². The van der Waals surface area contributed by atoms with Crippen LogP contribution in [0.2, 0.25) is 0 Å². The fourth-order valence-corrected chi connectivity index (χ4v) is 4.06. The molecule has 2 aromatic carbocycles. The Morgan fingerprint density at radius 2 is 1.74 bits per heavy atom. The number of ether oxygens (including phenoxy) is 2. The molecule has 2 heterocycles. The molecule has 9 nitrogen and oxygen atoms in total. The topological polar surface area (TPSA) is 99.9 Å². The zero-order valence-electron chi connectivity index (χ0n) is 22.9. The number of anilines is 1. The molecule has 0 bridgehead atoms. The van der Waals surface area contributed by atoms with E-state index < -0.39 is 0 Å². The van der Waals surface area contributed by atoms with Gasteiger partial charge in [-0.05, 0) is 56.5 Å². The predicted molar refractivity (Wildman–Crippen MR) is 149 cm³/mol. The summed E-state index contributed by atoms with van der Waals surface area (Å²) in [7, 11) is 1.63. The molecule has 0 unspecified atom stereocenters. The van der Waals surface area contributed by atoms with Gasteiger partial charge in [0.05, 0.1) is 23.4 Å². The van der Waals surface area contributed by atoms with Crippen LogP contribution in [-0.2, 0) is 28.2 Å². The molecule has 9 heteroatoms. The van der Waals surface area contributed by atoms with Crippen LogP contribution >= 0.6 is 0 Å². The molecule has 38 heavy (non-hydrogen) atoms. The average Bonchev–Trinajstić information content (AvgIpc) is 3.39. The highest BCUT2D eigenvalue weighted by atomic mass is 16.5. The first-order valence-electron chi connectivity index (χ1n) is 12.6. The van der Waals surface area contributed by atoms with Crippen LogP contribution in [0.25, 0.3) is 28.3 Å². The number of tetrazole rings is 1. The van der Waals surface area contributed by atoms with Gasteiger partial charge in [-0.15, -0.1) is 10.2 Å². The minimum atomic E-state index is -0.240. The SMILES string of the molecule is C=C(OCC)c1c(C)nc(COC)nc1NCc1ccc(-c2ccccc2-c2nnn(C(C)(C)C)n2)cc1. The first kappa shape index (κ1) is 26.9. The quantitative estimate of drug-likeness (QED) is 0.273. The Bertz CT molecular complexity index is 1410. The largest absolute Gasteiger partial charge is 0.494 e. The van der Waals surface area contributed by atoms with Crippen LogP contribution in [0.4, 0.5) is 5.82 Å². The molecule has 0 radical (unpaired) electrons. The molecule has 0 aliphatic rings. The van der Waals surface area contributed by atoms with Gasteiger partial charge in [0, 0.05) is 19.2 Å². The van der Waals surface area contributed by atoms with Crippen molar-refractivity contribution in [2.45, 2.75) is 53.3 Å². The van der Waals surface area contributed by atoms with Gasteiger partial charge in [-0.25, -0.2) is 9.97 Å². The molecule has 4 rings (SSSR count). The third-order valence-electron chi connectivity index (χ3n) is 5.91. The summed E-state index contributed by atoms with van der Waals surface area (Å²) in [6.07, 6.45) is 0. The number of hydrogen-bond acceptors (Lipinski definition) is 8. The molecule has 0 atom stereocenters. The summed E-state index contributed by atoms with van der Waals surface area (Å²) in [6.45, 7) is 15.5. The Hall–Kier alpha value is -4.11. The highest BCUT2D eigenvalue weighted by Crippen LogP contribution is 2.31. The van der Waals surface area contributed by atoms with Gasteiger partial charge in [0.25, 0.3) is 0 Å². The Labute approximate surface area is 223 Å². The molecule has 0 spiro atoms. The Morgan fingerprint density at radius 3 is 2.37 bits per heavy atom. The molecule has 0 saturated carbocycles. The zero-order chi connectivity index (χ0) is 27.3. The fourth-order valence-electron chi connectivity index (χ4n) is 4.06. The number of benzene rings is 2. The lowest BCUT2D eigenvalue weighted by molar-refractivity contribution is 0.177. The molecule has 0 saturated heterocycles. The lowest BCUT2D eigenvalue weighted by atomic mass is 9.98. The minimum Gasteiger partial charge on any atom is -0.494 e. The normalized spacial score (nSPS) is 11.4. The molecule has 4 aromatic rings. The summed E-state index contributed by atoms with van der Waals surface area (Å²) in [5.41, 5.74) is 5.48. The maximum Gasteiger partial charge on any atom is 0.205 e. The predicted octanol–water partition coefficient (Wildman–Crippen LogP) is 5.63. The van der Waals surface area contributed by atoms with E-state index >= 15 is 0 Å². The van der Waals surface area contributed by atoms with E-state index in [1.165, 1.54) is 0 Å². The number of hydrogen-bond donors (Lipinski definition) is 1. The van der Waals surface area contributed by atoms with Crippen LogP contribution in [0.15, 0.2) is 55.1 Å². The van der Waals surface area contributed by atoms with Gasteiger partial charge < -0.3 is 14.8 Å². The third-order valence-corrected chi connectivity index (χ3v) is 5.91. The van der Waals surface area contributed by atoms with Gasteiger partial charge in [-0.2, -0.15) is 4.80 Å². The van der Waals surface area contributed by atoms with E-state index in [1.54, 1.807) is 11.9 Å². The third kappa shape index (κ3) is 6.06. The molecule has 0 aliphatic heterocycles. The first-order valence-corrected chi connectivity index (χ1v) is 12.6. The van der Waals surface area contributed by atoms with E-state index in [0.717, 1.165) is 33.5 Å². The molecule has 198 valence electrons. The Morgan fingerprint density at radius 1 is 1.03 bits per heavy atom. The van der Waals surface area contributed by atoms with Crippen molar-refractivity contribution >= 4 is 11.6 Å². The molecular weight excluding hydrogens is 478 g/mol. The highest BCUT2D eigenvalue weighted by molar-refractivity contribution is 5.80. The second kappa shape index (κ2) is 11.5. The van der Waals surface area contributed by atoms with E-state index in [2.05, 4.69) is 67.6 Å². The van der Waals surface area contributed by atoms with Crippen molar-refractivity contribution in [2.75, 3.05) is 19.0 Å². The van der Waals surface area contributed by atoms with Crippen molar-refractivity contribution < 1.29 is 9.47 Å². The van der Waals surface area contributed by atoms with Gasteiger partial charge in [0.1, 0.15) is 18.2 Å². The van der Waals surface area contributed by atoms with Gasteiger partial charge in [-0.3, -0.25) is 0 Å². The number of nitrogens with zero attached hydrogens (tertiary/aromatic N) is 6. The van der Waals surface area contributed by atoms with Crippen molar-refractivity contribution in [3.63, 3.8) is 0 Å². The van der Waals surface area contributed by atoms with E-state index in [1.807, 2.05) is 52.8 Å². The van der Waals surface area contributed by atoms with Crippen molar-refractivity contribution in [3.8, 4) is 22.5 Å². The van der Waals surface area contributed by atoms with Crippen LogP contribution in [0, 0.1) is 6.92 Å². The number of aryl methyl sites for hydroxylation is 1. The van der Waals surface area contributed by atoms with E-state index in [9.17, 15) is 0 Å². The molecule has 0 fully saturated rings. The van der Waals surface area contributed by atoms with Crippen LogP contribution in [0.1, 0.15) is 50.3 Å². The molecule has 1 N–H and O–H groups in total. The summed E-state index contributed by atoms with van der Waals surface area (Å²) < 4.78 is 10.9. The fraction of sp³-hybridized carbons (Fsp3) is 0.345. The first-order chi connectivity index (χ1) is 18.2. The summed E-state index contributed by atoms with van der Waals surface area (Å²) >= 11 is 0. The van der Waals surface area contributed by atoms with E-state index in [4.69, 9.17) is 9.47 Å². The monoisotopic (exact) mass is 513 g/mol. The lowest BCUT2D eigenvalue weighted by Crippen LogP contribution is -2.24. The van der Waals surface area contributed by atoms with Crippen molar-refractivity contribution in [1.29, 1.82) is 0 Å². The Balaban J connectivity index is 1.57. The summed E-state index contributed by atoms with van der Waals surface area (Å²) in [6, 6.07) is 16.5. The zero-order valence-corrected chi connectivity index (χ0v) is 22.9. The second-order valence-electron chi connectivity index (χ2n) is 9.91. The number of methoxy groups -OCH3 is 1. The standard InChI is InChI=1S/C29H35N7O2/c1-8-38-20(3)26-19(2)31-25(18-37-7)32-28(26)30-17-21-13-15-22(16-14-21)23-11-9-10-12-24(23)27-33-35-36(34-27)29(4,5)6/h9-16H,3,8,17-18H2,1-2,4-7H3,(H,30,31,32). The summed E-state index contributed by atoms with van der Waals surface area (Å²) in [5, 5.41) is 16.6. The molecule has 0 aliphatic carbocycles. The van der Waals surface area contributed by atoms with Crippen LogP contribution < -0.4 is 5.32 Å². The second-order valence-corrected chi connectivity index (χ2v) is 9.91. The maximum atomic E-state index is 5.67. The van der Waals surface area contributed by atoms with Gasteiger partial charge >= 0.3 is 0 Å². The maximum absolute atomic E-state index is 5.67. The average molecular weight is 514 g/mol. The van der Waals surface area contributed by atoms with Gasteiger partial charge in [0.2, 0.25) is 5.82 Å². The van der Waals surface area contributed by atoms with E-state index in [-0.39, 0.29) is 5.54 Å². The van der Waals surface area contributed by atoms with Gasteiger partial charge in [0.15, 0.2) is 5.82 Å². The number of aromatic nitrogens is 6. The molecule has 2 aromatic heterocycles. The lowest BCUT2D eigenvalue weighted by Gasteiger charge is -2.17. The van der Waals surface area contributed by atoms with Gasteiger partial charge in [-0.1, -0.05) is 55.1 Å². The molecule has 0 amide bonds. The summed E-state index contributed by atoms with van der Waals surface area (Å²) in [5.74, 6) is 2.42. The summed E-state index contributed by atoms with van der Waals surface area (Å²) in [4.78, 5) is 10.9. The number of rotatable bonds is 10. The number of nitrogens with one attached hydrogen (secondary N) is 1. The minimum absolute atomic E-state index is 0.240. The molecular formula is C29H35N7O2. The van der Waals surface area contributed by atoms with Crippen molar-refractivity contribution in [1.82, 2.24) is 30.2 Å².